The van der Waals surface area contributed by atoms with Gasteiger partial charge in [0.25, 0.3) is 5.91 Å². The number of amides is 1. The van der Waals surface area contributed by atoms with Crippen LogP contribution in [-0.4, -0.2) is 21.6 Å². The van der Waals surface area contributed by atoms with E-state index in [4.69, 9.17) is 4.74 Å². The molecule has 27 heavy (non-hydrogen) atoms. The molecule has 0 radical (unpaired) electrons. The number of nitrogens with zero attached hydrogens (tertiary/aromatic N) is 2. The van der Waals surface area contributed by atoms with Gasteiger partial charge < -0.3 is 9.64 Å². The van der Waals surface area contributed by atoms with E-state index >= 15 is 0 Å². The normalized spacial score (nSPS) is 17.1. The first kappa shape index (κ1) is 17.1. The zero-order valence-corrected chi connectivity index (χ0v) is 15.3. The molecule has 0 aliphatic carbocycles. The second-order valence-electron chi connectivity index (χ2n) is 7.22. The number of nitrogens with one attached hydrogen (secondary N) is 1. The van der Waals surface area contributed by atoms with E-state index in [1.165, 1.54) is 0 Å². The van der Waals surface area contributed by atoms with E-state index in [0.717, 1.165) is 5.56 Å². The van der Waals surface area contributed by atoms with E-state index in [9.17, 15) is 15.3 Å². The van der Waals surface area contributed by atoms with Crippen LogP contribution in [0.2, 0.25) is 0 Å². The first-order valence-electron chi connectivity index (χ1n) is 8.66. The minimum Gasteiger partial charge on any atom is -0.481 e. The van der Waals surface area contributed by atoms with Crippen LogP contribution in [0.25, 0.3) is 5.70 Å². The van der Waals surface area contributed by atoms with Gasteiger partial charge in [0, 0.05) is 11.1 Å². The van der Waals surface area contributed by atoms with E-state index < -0.39 is 5.60 Å². The van der Waals surface area contributed by atoms with Gasteiger partial charge in [0.2, 0.25) is 0 Å². The SMILES string of the molecule is Cc1c(C#N)ccc2c1C(N1Cc3ccccc3C1=O)=C(NO)C(C)(C)O2. The van der Waals surface area contributed by atoms with E-state index in [2.05, 4.69) is 11.5 Å². The lowest BCUT2D eigenvalue weighted by atomic mass is 9.90. The molecule has 0 atom stereocenters. The third-order valence-corrected chi connectivity index (χ3v) is 5.19. The van der Waals surface area contributed by atoms with Crippen molar-refractivity contribution in [2.75, 3.05) is 0 Å². The van der Waals surface area contributed by atoms with E-state index in [1.54, 1.807) is 23.1 Å². The summed E-state index contributed by atoms with van der Waals surface area (Å²) in [5.41, 5.74) is 5.71. The number of rotatable bonds is 2. The molecule has 0 unspecified atom stereocenters. The number of hydroxylamine groups is 1. The molecule has 4 rings (SSSR count). The van der Waals surface area contributed by atoms with Crippen LogP contribution in [0, 0.1) is 18.3 Å². The molecule has 6 nitrogen and oxygen atoms in total. The summed E-state index contributed by atoms with van der Waals surface area (Å²) < 4.78 is 6.08. The maximum atomic E-state index is 13.1. The van der Waals surface area contributed by atoms with E-state index in [-0.39, 0.29) is 5.91 Å². The molecule has 0 aromatic heterocycles. The van der Waals surface area contributed by atoms with Crippen LogP contribution in [0.4, 0.5) is 0 Å². The summed E-state index contributed by atoms with van der Waals surface area (Å²) in [7, 11) is 0. The zero-order chi connectivity index (χ0) is 19.3. The van der Waals surface area contributed by atoms with Gasteiger partial charge in [-0.25, -0.2) is 0 Å². The Morgan fingerprint density at radius 1 is 1.26 bits per heavy atom. The molecule has 136 valence electrons. The lowest BCUT2D eigenvalue weighted by Crippen LogP contribution is -2.43. The molecule has 0 bridgehead atoms. The van der Waals surface area contributed by atoms with Crippen LogP contribution in [0.15, 0.2) is 42.1 Å². The van der Waals surface area contributed by atoms with Gasteiger partial charge in [-0.15, -0.1) is 0 Å². The maximum Gasteiger partial charge on any atom is 0.259 e. The quantitative estimate of drug-likeness (QED) is 0.801. The van der Waals surface area contributed by atoms with Crippen LogP contribution in [0.5, 0.6) is 5.75 Å². The first-order valence-corrected chi connectivity index (χ1v) is 8.66. The third kappa shape index (κ3) is 2.40. The highest BCUT2D eigenvalue weighted by atomic mass is 16.5. The predicted molar refractivity (Wildman–Crippen MR) is 98.8 cm³/mol. The Balaban J connectivity index is 1.99. The molecule has 0 saturated carbocycles. The van der Waals surface area contributed by atoms with Crippen LogP contribution in [-0.2, 0) is 6.54 Å². The Morgan fingerprint density at radius 3 is 2.67 bits per heavy atom. The number of hydrogen-bond acceptors (Lipinski definition) is 5. The smallest absolute Gasteiger partial charge is 0.259 e. The second kappa shape index (κ2) is 5.86. The van der Waals surface area contributed by atoms with E-state index in [1.807, 2.05) is 39.0 Å². The largest absolute Gasteiger partial charge is 0.481 e. The summed E-state index contributed by atoms with van der Waals surface area (Å²) in [5.74, 6) is 0.438. The number of fused-ring (bicyclic) bond motifs is 2. The van der Waals surface area contributed by atoms with Crippen molar-refractivity contribution in [3.63, 3.8) is 0 Å². The topological polar surface area (TPSA) is 85.6 Å². The van der Waals surface area contributed by atoms with Gasteiger partial charge in [0.1, 0.15) is 17.0 Å². The highest BCUT2D eigenvalue weighted by Crippen LogP contribution is 2.45. The Kier molecular flexibility index (Phi) is 3.72. The molecular formula is C21H19N3O3. The summed E-state index contributed by atoms with van der Waals surface area (Å²) in [6, 6.07) is 13.1. The monoisotopic (exact) mass is 361 g/mol. The lowest BCUT2D eigenvalue weighted by molar-refractivity contribution is 0.0780. The molecule has 2 aliphatic heterocycles. The first-order chi connectivity index (χ1) is 12.9. The highest BCUT2D eigenvalue weighted by molar-refractivity contribution is 6.04. The minimum atomic E-state index is -0.882. The summed E-state index contributed by atoms with van der Waals surface area (Å²) in [4.78, 5) is 14.8. The molecule has 2 aromatic rings. The maximum absolute atomic E-state index is 13.1. The molecule has 2 N–H and O–H groups in total. The average Bonchev–Trinajstić information content (AvgIpc) is 2.97. The average molecular weight is 361 g/mol. The number of ether oxygens (including phenoxy) is 1. The molecule has 2 aromatic carbocycles. The zero-order valence-electron chi connectivity index (χ0n) is 15.3. The van der Waals surface area contributed by atoms with Crippen molar-refractivity contribution in [1.29, 1.82) is 5.26 Å². The second-order valence-corrected chi connectivity index (χ2v) is 7.22. The molecule has 0 fully saturated rings. The molecule has 2 aliphatic rings. The van der Waals surface area contributed by atoms with Crippen LogP contribution in [0.3, 0.4) is 0 Å². The summed E-state index contributed by atoms with van der Waals surface area (Å²) >= 11 is 0. The fourth-order valence-corrected chi connectivity index (χ4v) is 3.82. The fourth-order valence-electron chi connectivity index (χ4n) is 3.82. The van der Waals surface area contributed by atoms with Gasteiger partial charge in [0.15, 0.2) is 0 Å². The summed E-state index contributed by atoms with van der Waals surface area (Å²) in [6.07, 6.45) is 0. The van der Waals surface area contributed by atoms with Gasteiger partial charge in [-0.1, -0.05) is 18.2 Å². The van der Waals surface area contributed by atoms with Crippen LogP contribution < -0.4 is 10.2 Å². The molecule has 0 spiro atoms. The summed E-state index contributed by atoms with van der Waals surface area (Å²) in [6.45, 7) is 5.84. The van der Waals surface area contributed by atoms with Crippen molar-refractivity contribution in [2.45, 2.75) is 32.9 Å². The van der Waals surface area contributed by atoms with Crippen molar-refractivity contribution in [3.8, 4) is 11.8 Å². The highest BCUT2D eigenvalue weighted by Gasteiger charge is 2.42. The van der Waals surface area contributed by atoms with Gasteiger partial charge in [-0.05, 0) is 50.1 Å². The van der Waals surface area contributed by atoms with Crippen LogP contribution >= 0.6 is 0 Å². The minimum absolute atomic E-state index is 0.140. The van der Waals surface area contributed by atoms with Crippen molar-refractivity contribution >= 4 is 11.6 Å². The van der Waals surface area contributed by atoms with E-state index in [0.29, 0.717) is 45.9 Å². The lowest BCUT2D eigenvalue weighted by Gasteiger charge is -2.39. The van der Waals surface area contributed by atoms with Gasteiger partial charge in [-0.2, -0.15) is 5.26 Å². The molecule has 1 amide bonds. The van der Waals surface area contributed by atoms with Crippen LogP contribution in [0.1, 0.15) is 46.5 Å². The third-order valence-electron chi connectivity index (χ3n) is 5.19. The van der Waals surface area contributed by atoms with Crippen molar-refractivity contribution in [3.05, 3.63) is 69.9 Å². The number of carbonyl (C=O) groups excluding carboxylic acids is 1. The van der Waals surface area contributed by atoms with Crippen molar-refractivity contribution in [1.82, 2.24) is 10.4 Å². The van der Waals surface area contributed by atoms with Crippen molar-refractivity contribution < 1.29 is 14.7 Å². The Hall–Kier alpha value is -3.30. The number of hydrogen-bond donors (Lipinski definition) is 2. The summed E-state index contributed by atoms with van der Waals surface area (Å²) in [5, 5.41) is 19.4. The predicted octanol–water partition coefficient (Wildman–Crippen LogP) is 3.34. The van der Waals surface area contributed by atoms with Gasteiger partial charge in [0.05, 0.1) is 23.9 Å². The van der Waals surface area contributed by atoms with Gasteiger partial charge >= 0.3 is 0 Å². The number of nitriles is 1. The standard InChI is InChI=1S/C21H19N3O3/c1-12-13(10-22)8-9-16-17(12)18(19(23-26)21(2,3)27-16)24-11-14-6-4-5-7-15(14)20(24)25/h4-9,23,26H,11H2,1-3H3. The van der Waals surface area contributed by atoms with Crippen molar-refractivity contribution in [2.24, 2.45) is 0 Å². The molecule has 6 heteroatoms. The Labute approximate surface area is 157 Å². The molecule has 0 saturated heterocycles. The Morgan fingerprint density at radius 2 is 2.00 bits per heavy atom. The number of benzene rings is 2. The molecule has 2 heterocycles. The number of carbonyl (C=O) groups is 1. The fraction of sp³-hybridized carbons (Fsp3) is 0.238. The molecular weight excluding hydrogens is 342 g/mol. The Bertz CT molecular complexity index is 1050. The van der Waals surface area contributed by atoms with Gasteiger partial charge in [-0.3, -0.25) is 15.5 Å².